The molecule has 1 aromatic carbocycles. The zero-order valence-electron chi connectivity index (χ0n) is 15.2. The Kier molecular flexibility index (Phi) is 4.31. The lowest BCUT2D eigenvalue weighted by Gasteiger charge is -2.14. The lowest BCUT2D eigenvalue weighted by atomic mass is 9.93. The van der Waals surface area contributed by atoms with Crippen LogP contribution in [0.5, 0.6) is 0 Å². The lowest BCUT2D eigenvalue weighted by Crippen LogP contribution is -2.14. The van der Waals surface area contributed by atoms with Crippen molar-refractivity contribution in [3.63, 3.8) is 0 Å². The van der Waals surface area contributed by atoms with E-state index in [1.165, 1.54) is 4.68 Å². The van der Waals surface area contributed by atoms with Crippen LogP contribution in [0.2, 0.25) is 5.02 Å². The van der Waals surface area contributed by atoms with Crippen LogP contribution in [0.4, 0.5) is 0 Å². The second-order valence-electron chi connectivity index (χ2n) is 6.42. The van der Waals surface area contributed by atoms with Gasteiger partial charge in [-0.25, -0.2) is 4.68 Å². The first kappa shape index (κ1) is 17.5. The molecule has 0 saturated carbocycles. The molecular formula is C19H18ClN5O2. The Bertz CT molecular complexity index is 1170. The summed E-state index contributed by atoms with van der Waals surface area (Å²) in [6.07, 6.45) is 2.34. The van der Waals surface area contributed by atoms with Gasteiger partial charge in [-0.1, -0.05) is 23.7 Å². The number of rotatable bonds is 4. The van der Waals surface area contributed by atoms with Crippen LogP contribution in [0.3, 0.4) is 0 Å². The highest BCUT2D eigenvalue weighted by atomic mass is 35.5. The molecule has 0 spiro atoms. The van der Waals surface area contributed by atoms with Crippen LogP contribution < -0.4 is 5.56 Å². The average Bonchev–Trinajstić information content (AvgIpc) is 3.22. The number of nitrogens with zero attached hydrogens (tertiary/aromatic N) is 4. The van der Waals surface area contributed by atoms with Crippen LogP contribution in [0.25, 0.3) is 16.6 Å². The van der Waals surface area contributed by atoms with Crippen molar-refractivity contribution in [2.75, 3.05) is 0 Å². The molecule has 4 rings (SSSR count). The molecule has 0 radical (unpaired) electrons. The fraction of sp³-hybridized carbons (Fsp3) is 0.263. The van der Waals surface area contributed by atoms with E-state index in [4.69, 9.17) is 16.1 Å². The molecule has 0 saturated heterocycles. The number of H-pyrrole nitrogens is 1. The van der Waals surface area contributed by atoms with Gasteiger partial charge < -0.3 is 4.52 Å². The summed E-state index contributed by atoms with van der Waals surface area (Å²) in [7, 11) is 0. The van der Waals surface area contributed by atoms with Gasteiger partial charge in [0.05, 0.1) is 22.5 Å². The Balaban J connectivity index is 1.95. The van der Waals surface area contributed by atoms with Crippen LogP contribution in [0.15, 0.2) is 39.8 Å². The highest BCUT2D eigenvalue weighted by Crippen LogP contribution is 2.32. The molecule has 1 atom stereocenters. The van der Waals surface area contributed by atoms with E-state index >= 15 is 0 Å². The van der Waals surface area contributed by atoms with E-state index in [1.807, 2.05) is 13.8 Å². The van der Waals surface area contributed by atoms with Gasteiger partial charge in [0, 0.05) is 22.5 Å². The molecule has 1 N–H and O–H groups in total. The first-order valence-electron chi connectivity index (χ1n) is 8.66. The van der Waals surface area contributed by atoms with E-state index in [-0.39, 0.29) is 11.5 Å². The first-order valence-corrected chi connectivity index (χ1v) is 9.03. The Morgan fingerprint density at radius 3 is 2.63 bits per heavy atom. The summed E-state index contributed by atoms with van der Waals surface area (Å²) < 4.78 is 6.91. The second-order valence-corrected chi connectivity index (χ2v) is 6.85. The van der Waals surface area contributed by atoms with Gasteiger partial charge in [0.15, 0.2) is 5.82 Å². The van der Waals surface area contributed by atoms with E-state index in [1.54, 1.807) is 37.4 Å². The Hall–Kier alpha value is -2.93. The summed E-state index contributed by atoms with van der Waals surface area (Å²) in [5.74, 6) is 0.945. The number of pyridine rings is 1. The quantitative estimate of drug-likeness (QED) is 0.577. The summed E-state index contributed by atoms with van der Waals surface area (Å²) in [4.78, 5) is 21.8. The molecule has 138 valence electrons. The molecule has 3 heterocycles. The normalized spacial score (nSPS) is 12.6. The monoisotopic (exact) mass is 383 g/mol. The van der Waals surface area contributed by atoms with Crippen molar-refractivity contribution in [3.05, 3.63) is 68.8 Å². The highest BCUT2D eigenvalue weighted by molar-refractivity contribution is 6.30. The van der Waals surface area contributed by atoms with E-state index < -0.39 is 0 Å². The van der Waals surface area contributed by atoms with Crippen molar-refractivity contribution in [2.45, 2.75) is 33.1 Å². The molecule has 3 aromatic heterocycles. The van der Waals surface area contributed by atoms with Gasteiger partial charge in [-0.05, 0) is 44.5 Å². The zero-order valence-corrected chi connectivity index (χ0v) is 15.9. The number of aromatic nitrogens is 5. The van der Waals surface area contributed by atoms with Gasteiger partial charge in [0.1, 0.15) is 0 Å². The van der Waals surface area contributed by atoms with Crippen molar-refractivity contribution in [3.8, 4) is 5.69 Å². The van der Waals surface area contributed by atoms with Gasteiger partial charge in [0.25, 0.3) is 5.56 Å². The molecule has 27 heavy (non-hydrogen) atoms. The van der Waals surface area contributed by atoms with Gasteiger partial charge in [-0.15, -0.1) is 0 Å². The number of aromatic amines is 1. The fourth-order valence-electron chi connectivity index (χ4n) is 3.34. The van der Waals surface area contributed by atoms with E-state index in [9.17, 15) is 4.79 Å². The third-order valence-corrected chi connectivity index (χ3v) is 4.91. The number of fused-ring (bicyclic) bond motifs is 1. The number of hydrogen-bond donors (Lipinski definition) is 1. The number of hydrogen-bond acceptors (Lipinski definition) is 5. The first-order chi connectivity index (χ1) is 13.0. The van der Waals surface area contributed by atoms with Crippen molar-refractivity contribution < 1.29 is 4.52 Å². The number of halogens is 1. The topological polar surface area (TPSA) is 89.6 Å². The van der Waals surface area contributed by atoms with Crippen LogP contribution in [0.1, 0.15) is 42.2 Å². The predicted octanol–water partition coefficient (Wildman–Crippen LogP) is 3.91. The van der Waals surface area contributed by atoms with Crippen LogP contribution in [-0.2, 0) is 0 Å². The molecular weight excluding hydrogens is 366 g/mol. The largest absolute Gasteiger partial charge is 0.339 e. The maximum Gasteiger partial charge on any atom is 0.280 e. The summed E-state index contributed by atoms with van der Waals surface area (Å²) in [5.41, 5.74) is 2.96. The maximum atomic E-state index is 12.9. The molecule has 0 aliphatic rings. The molecule has 0 bridgehead atoms. The molecule has 8 heteroatoms. The maximum absolute atomic E-state index is 12.9. The fourth-order valence-corrected chi connectivity index (χ4v) is 3.47. The summed E-state index contributed by atoms with van der Waals surface area (Å²) in [5, 5.41) is 8.26. The minimum Gasteiger partial charge on any atom is -0.339 e. The molecule has 0 aliphatic carbocycles. The van der Waals surface area contributed by atoms with Gasteiger partial charge in [0.2, 0.25) is 5.89 Å². The molecule has 1 unspecified atom stereocenters. The summed E-state index contributed by atoms with van der Waals surface area (Å²) in [6, 6.07) is 7.07. The predicted molar refractivity (Wildman–Crippen MR) is 103 cm³/mol. The minimum absolute atomic E-state index is 0.154. The van der Waals surface area contributed by atoms with Crippen molar-refractivity contribution in [1.29, 1.82) is 0 Å². The number of nitrogens with one attached hydrogen (secondary N) is 1. The van der Waals surface area contributed by atoms with Gasteiger partial charge in [-0.2, -0.15) is 4.98 Å². The van der Waals surface area contributed by atoms with Gasteiger partial charge in [-0.3, -0.25) is 14.9 Å². The van der Waals surface area contributed by atoms with Crippen LogP contribution in [-0.4, -0.2) is 24.9 Å². The van der Waals surface area contributed by atoms with E-state index in [0.29, 0.717) is 27.8 Å². The third-order valence-electron chi connectivity index (χ3n) is 4.66. The van der Waals surface area contributed by atoms with E-state index in [0.717, 1.165) is 23.2 Å². The molecule has 0 amide bonds. The number of benzene rings is 1. The Morgan fingerprint density at radius 2 is 2.00 bits per heavy atom. The van der Waals surface area contributed by atoms with Crippen molar-refractivity contribution in [2.24, 2.45) is 0 Å². The number of aryl methyl sites for hydroxylation is 2. The molecule has 0 aliphatic heterocycles. The third kappa shape index (κ3) is 2.94. The highest BCUT2D eigenvalue weighted by Gasteiger charge is 2.25. The second kappa shape index (κ2) is 6.66. The van der Waals surface area contributed by atoms with Crippen LogP contribution >= 0.6 is 11.6 Å². The van der Waals surface area contributed by atoms with Gasteiger partial charge >= 0.3 is 0 Å². The minimum atomic E-state index is -0.169. The Morgan fingerprint density at radius 1 is 1.26 bits per heavy atom. The van der Waals surface area contributed by atoms with E-state index in [2.05, 4.69) is 20.2 Å². The Labute approximate surface area is 160 Å². The smallest absolute Gasteiger partial charge is 0.280 e. The SMILES string of the molecule is CCC(c1nc(C)no1)c1c(C)ncc2c(=O)n(-c3ccc(Cl)cc3)[nH]c12. The summed E-state index contributed by atoms with van der Waals surface area (Å²) in [6.45, 7) is 5.74. The van der Waals surface area contributed by atoms with Crippen LogP contribution in [0, 0.1) is 13.8 Å². The lowest BCUT2D eigenvalue weighted by molar-refractivity contribution is 0.360. The molecule has 0 fully saturated rings. The van der Waals surface area contributed by atoms with Crippen molar-refractivity contribution >= 4 is 22.5 Å². The average molecular weight is 384 g/mol. The molecule has 7 nitrogen and oxygen atoms in total. The van der Waals surface area contributed by atoms with Crippen molar-refractivity contribution in [1.82, 2.24) is 24.9 Å². The summed E-state index contributed by atoms with van der Waals surface area (Å²) >= 11 is 5.96. The standard InChI is InChI=1S/C19H18ClN5O2/c1-4-14(18-22-11(3)24-27-18)16-10(2)21-9-15-17(16)23-25(19(15)26)13-7-5-12(20)6-8-13/h5-9,14,23H,4H2,1-3H3. The zero-order chi connectivity index (χ0) is 19.1. The molecule has 4 aromatic rings.